The molecule has 3 rings (SSSR count). The zero-order chi connectivity index (χ0) is 15.4. The van der Waals surface area contributed by atoms with Crippen molar-refractivity contribution in [2.45, 2.75) is 13.0 Å². The molecule has 0 fully saturated rings. The number of hydrogen-bond donors (Lipinski definition) is 0. The smallest absolute Gasteiger partial charge is 0.261 e. The van der Waals surface area contributed by atoms with Crippen LogP contribution in [-0.2, 0) is 4.79 Å². The quantitative estimate of drug-likeness (QED) is 0.874. The van der Waals surface area contributed by atoms with E-state index < -0.39 is 0 Å². The maximum atomic E-state index is 12.5. The summed E-state index contributed by atoms with van der Waals surface area (Å²) in [5.41, 5.74) is 1.04. The Kier molecular flexibility index (Phi) is 4.28. The van der Waals surface area contributed by atoms with Crippen LogP contribution in [0.1, 0.15) is 18.5 Å². The van der Waals surface area contributed by atoms with Crippen molar-refractivity contribution in [2.24, 2.45) is 0 Å². The minimum absolute atomic E-state index is 0.0226. The number of para-hydroxylation sites is 2. The van der Waals surface area contributed by atoms with E-state index in [1.807, 2.05) is 66.4 Å². The fourth-order valence-electron chi connectivity index (χ4n) is 2.66. The second-order valence-electron chi connectivity index (χ2n) is 5.25. The van der Waals surface area contributed by atoms with Gasteiger partial charge in [0.2, 0.25) is 0 Å². The first kappa shape index (κ1) is 14.4. The lowest BCUT2D eigenvalue weighted by Gasteiger charge is -2.27. The fraction of sp³-hybridized carbons (Fsp3) is 0.278. The molecule has 0 bridgehead atoms. The molecule has 22 heavy (non-hydrogen) atoms. The molecule has 4 nitrogen and oxygen atoms in total. The highest BCUT2D eigenvalue weighted by Gasteiger charge is 2.26. The number of hydrogen-bond acceptors (Lipinski definition) is 3. The Morgan fingerprint density at radius 3 is 2.73 bits per heavy atom. The first-order valence-corrected chi connectivity index (χ1v) is 7.45. The predicted octanol–water partition coefficient (Wildman–Crippen LogP) is 3.05. The van der Waals surface area contributed by atoms with E-state index in [0.29, 0.717) is 18.9 Å². The standard InChI is InChI=1S/C18H19NO3/c1-14-16-9-5-6-10-17(16)21-12-11-19(14)18(20)13-22-15-7-3-2-4-8-15/h2-10,14H,11-13H2,1H3. The van der Waals surface area contributed by atoms with Crippen LogP contribution in [0.25, 0.3) is 0 Å². The van der Waals surface area contributed by atoms with E-state index in [2.05, 4.69) is 0 Å². The van der Waals surface area contributed by atoms with Crippen molar-refractivity contribution in [1.29, 1.82) is 0 Å². The van der Waals surface area contributed by atoms with E-state index in [9.17, 15) is 4.79 Å². The topological polar surface area (TPSA) is 38.8 Å². The SMILES string of the molecule is CC1c2ccccc2OCCN1C(=O)COc1ccccc1. The van der Waals surface area contributed by atoms with Crippen molar-refractivity contribution in [3.8, 4) is 11.5 Å². The number of amides is 1. The second kappa shape index (κ2) is 6.52. The predicted molar refractivity (Wildman–Crippen MR) is 84.0 cm³/mol. The molecule has 1 aliphatic heterocycles. The summed E-state index contributed by atoms with van der Waals surface area (Å²) < 4.78 is 11.3. The van der Waals surface area contributed by atoms with Gasteiger partial charge in [-0.25, -0.2) is 0 Å². The Bertz CT molecular complexity index is 642. The molecule has 1 heterocycles. The molecule has 1 amide bonds. The third kappa shape index (κ3) is 3.06. The number of fused-ring (bicyclic) bond motifs is 1. The Morgan fingerprint density at radius 1 is 1.18 bits per heavy atom. The van der Waals surface area contributed by atoms with Crippen molar-refractivity contribution >= 4 is 5.91 Å². The van der Waals surface area contributed by atoms with Gasteiger partial charge >= 0.3 is 0 Å². The van der Waals surface area contributed by atoms with Crippen molar-refractivity contribution in [3.05, 3.63) is 60.2 Å². The molecule has 0 aliphatic carbocycles. The minimum Gasteiger partial charge on any atom is -0.491 e. The van der Waals surface area contributed by atoms with Gasteiger partial charge in [-0.1, -0.05) is 36.4 Å². The van der Waals surface area contributed by atoms with Gasteiger partial charge in [-0.3, -0.25) is 4.79 Å². The summed E-state index contributed by atoms with van der Waals surface area (Å²) in [5.74, 6) is 1.53. The number of carbonyl (C=O) groups is 1. The molecule has 114 valence electrons. The molecule has 0 spiro atoms. The van der Waals surface area contributed by atoms with Crippen LogP contribution in [-0.4, -0.2) is 30.6 Å². The first-order chi connectivity index (χ1) is 10.8. The summed E-state index contributed by atoms with van der Waals surface area (Å²) in [4.78, 5) is 14.3. The van der Waals surface area contributed by atoms with E-state index in [0.717, 1.165) is 11.3 Å². The van der Waals surface area contributed by atoms with Crippen molar-refractivity contribution < 1.29 is 14.3 Å². The normalized spacial score (nSPS) is 17.1. The van der Waals surface area contributed by atoms with Gasteiger partial charge in [0.05, 0.1) is 12.6 Å². The highest BCUT2D eigenvalue weighted by atomic mass is 16.5. The van der Waals surface area contributed by atoms with E-state index in [4.69, 9.17) is 9.47 Å². The number of nitrogens with zero attached hydrogens (tertiary/aromatic N) is 1. The van der Waals surface area contributed by atoms with Gasteiger partial charge in [0, 0.05) is 5.56 Å². The van der Waals surface area contributed by atoms with Gasteiger partial charge in [-0.15, -0.1) is 0 Å². The van der Waals surface area contributed by atoms with Gasteiger partial charge in [0.1, 0.15) is 18.1 Å². The zero-order valence-corrected chi connectivity index (χ0v) is 12.6. The van der Waals surface area contributed by atoms with Gasteiger partial charge in [0.25, 0.3) is 5.91 Å². The highest BCUT2D eigenvalue weighted by molar-refractivity contribution is 5.78. The molecule has 0 N–H and O–H groups in total. The van der Waals surface area contributed by atoms with Crippen LogP contribution in [0.2, 0.25) is 0 Å². The lowest BCUT2D eigenvalue weighted by atomic mass is 10.1. The number of benzene rings is 2. The van der Waals surface area contributed by atoms with E-state index in [1.165, 1.54) is 0 Å². The molecule has 0 saturated carbocycles. The number of rotatable bonds is 3. The third-order valence-electron chi connectivity index (χ3n) is 3.85. The molecule has 0 aromatic heterocycles. The number of carbonyl (C=O) groups excluding carboxylic acids is 1. The summed E-state index contributed by atoms with van der Waals surface area (Å²) >= 11 is 0. The van der Waals surface area contributed by atoms with Crippen LogP contribution in [0.4, 0.5) is 0 Å². The van der Waals surface area contributed by atoms with Crippen molar-refractivity contribution in [2.75, 3.05) is 19.8 Å². The monoisotopic (exact) mass is 297 g/mol. The van der Waals surface area contributed by atoms with Crippen LogP contribution in [0.15, 0.2) is 54.6 Å². The second-order valence-corrected chi connectivity index (χ2v) is 5.25. The summed E-state index contributed by atoms with van der Waals surface area (Å²) in [5, 5.41) is 0. The molecule has 2 aromatic rings. The average Bonchev–Trinajstić information content (AvgIpc) is 2.73. The Hall–Kier alpha value is -2.49. The van der Waals surface area contributed by atoms with Crippen LogP contribution >= 0.6 is 0 Å². The Labute approximate surface area is 130 Å². The molecule has 1 atom stereocenters. The highest BCUT2D eigenvalue weighted by Crippen LogP contribution is 2.31. The van der Waals surface area contributed by atoms with Crippen LogP contribution in [0, 0.1) is 0 Å². The zero-order valence-electron chi connectivity index (χ0n) is 12.6. The summed E-state index contributed by atoms with van der Waals surface area (Å²) in [7, 11) is 0. The molecule has 1 unspecified atom stereocenters. The molecular weight excluding hydrogens is 278 g/mol. The van der Waals surface area contributed by atoms with E-state index in [1.54, 1.807) is 0 Å². The lowest BCUT2D eigenvalue weighted by molar-refractivity contribution is -0.135. The molecule has 0 saturated heterocycles. The van der Waals surface area contributed by atoms with Gasteiger partial charge in [-0.2, -0.15) is 0 Å². The maximum absolute atomic E-state index is 12.5. The molecular formula is C18H19NO3. The first-order valence-electron chi connectivity index (χ1n) is 7.45. The third-order valence-corrected chi connectivity index (χ3v) is 3.85. The van der Waals surface area contributed by atoms with E-state index in [-0.39, 0.29) is 18.6 Å². The molecule has 0 radical (unpaired) electrons. The summed E-state index contributed by atoms with van der Waals surface area (Å²) in [6.45, 7) is 3.12. The van der Waals surface area contributed by atoms with Crippen molar-refractivity contribution in [3.63, 3.8) is 0 Å². The fourth-order valence-corrected chi connectivity index (χ4v) is 2.66. The maximum Gasteiger partial charge on any atom is 0.261 e. The van der Waals surface area contributed by atoms with Crippen LogP contribution < -0.4 is 9.47 Å². The number of ether oxygens (including phenoxy) is 2. The largest absolute Gasteiger partial charge is 0.491 e. The van der Waals surface area contributed by atoms with Gasteiger partial charge < -0.3 is 14.4 Å². The lowest BCUT2D eigenvalue weighted by Crippen LogP contribution is -2.38. The minimum atomic E-state index is -0.0309. The van der Waals surface area contributed by atoms with Crippen LogP contribution in [0.3, 0.4) is 0 Å². The average molecular weight is 297 g/mol. The van der Waals surface area contributed by atoms with Crippen molar-refractivity contribution in [1.82, 2.24) is 4.90 Å². The van der Waals surface area contributed by atoms with Crippen LogP contribution in [0.5, 0.6) is 11.5 Å². The Morgan fingerprint density at radius 2 is 1.91 bits per heavy atom. The molecule has 4 heteroatoms. The molecule has 1 aliphatic rings. The molecule has 2 aromatic carbocycles. The summed E-state index contributed by atoms with van der Waals surface area (Å²) in [6.07, 6.45) is 0. The van der Waals surface area contributed by atoms with Gasteiger partial charge in [-0.05, 0) is 25.1 Å². The Balaban J connectivity index is 1.70. The van der Waals surface area contributed by atoms with E-state index >= 15 is 0 Å². The summed E-state index contributed by atoms with van der Waals surface area (Å²) in [6, 6.07) is 17.2. The van der Waals surface area contributed by atoms with Gasteiger partial charge in [0.15, 0.2) is 6.61 Å².